The maximum Gasteiger partial charge on any atom is 0.262 e. The lowest BCUT2D eigenvalue weighted by molar-refractivity contribution is 0.484. The van der Waals surface area contributed by atoms with E-state index in [-0.39, 0.29) is 12.1 Å². The van der Waals surface area contributed by atoms with E-state index < -0.39 is 0 Å². The van der Waals surface area contributed by atoms with Crippen LogP contribution in [0.2, 0.25) is 5.02 Å². The van der Waals surface area contributed by atoms with E-state index in [0.717, 1.165) is 26.4 Å². The standard InChI is InChI=1S/C23H16ClN3O2S/c1-14-20-22(30-21(14)15-6-3-2-4-7-15)26-13-27(23(20)28)12-19-25-11-18(29-19)16-8-5-9-17(24)10-16/h2-11,13H,12H2,1H3. The zero-order valence-corrected chi connectivity index (χ0v) is 17.6. The molecule has 5 nitrogen and oxygen atoms in total. The molecule has 7 heteroatoms. The molecule has 148 valence electrons. The van der Waals surface area contributed by atoms with Gasteiger partial charge in [-0.2, -0.15) is 0 Å². The van der Waals surface area contributed by atoms with Gasteiger partial charge in [-0.3, -0.25) is 9.36 Å². The summed E-state index contributed by atoms with van der Waals surface area (Å²) < 4.78 is 7.38. The largest absolute Gasteiger partial charge is 0.439 e. The molecule has 0 bridgehead atoms. The van der Waals surface area contributed by atoms with E-state index in [1.807, 2.05) is 55.5 Å². The number of rotatable bonds is 4. The van der Waals surface area contributed by atoms with Crippen LogP contribution in [0.5, 0.6) is 0 Å². The van der Waals surface area contributed by atoms with E-state index >= 15 is 0 Å². The van der Waals surface area contributed by atoms with Crippen LogP contribution in [-0.4, -0.2) is 14.5 Å². The van der Waals surface area contributed by atoms with Crippen molar-refractivity contribution in [3.05, 3.63) is 94.0 Å². The number of halogens is 1. The molecule has 3 aromatic heterocycles. The van der Waals surface area contributed by atoms with Crippen LogP contribution < -0.4 is 5.56 Å². The van der Waals surface area contributed by atoms with Crippen molar-refractivity contribution in [3.63, 3.8) is 0 Å². The Bertz CT molecular complexity index is 1420. The number of thiophene rings is 1. The third kappa shape index (κ3) is 3.34. The summed E-state index contributed by atoms with van der Waals surface area (Å²) >= 11 is 7.59. The van der Waals surface area contributed by atoms with E-state index in [1.165, 1.54) is 15.9 Å². The van der Waals surface area contributed by atoms with Crippen LogP contribution in [-0.2, 0) is 6.54 Å². The number of oxazole rings is 1. The zero-order chi connectivity index (χ0) is 20.7. The smallest absolute Gasteiger partial charge is 0.262 e. The highest BCUT2D eigenvalue weighted by Gasteiger charge is 2.17. The van der Waals surface area contributed by atoms with Crippen LogP contribution in [0.3, 0.4) is 0 Å². The van der Waals surface area contributed by atoms with Gasteiger partial charge >= 0.3 is 0 Å². The Morgan fingerprint density at radius 2 is 1.87 bits per heavy atom. The van der Waals surface area contributed by atoms with Gasteiger partial charge in [0, 0.05) is 15.5 Å². The number of aryl methyl sites for hydroxylation is 1. The highest BCUT2D eigenvalue weighted by atomic mass is 35.5. The zero-order valence-electron chi connectivity index (χ0n) is 16.0. The Morgan fingerprint density at radius 3 is 2.67 bits per heavy atom. The average Bonchev–Trinajstić information content (AvgIpc) is 3.36. The summed E-state index contributed by atoms with van der Waals surface area (Å²) in [5, 5.41) is 1.27. The number of nitrogens with zero attached hydrogens (tertiary/aromatic N) is 3. The third-order valence-electron chi connectivity index (χ3n) is 4.92. The Morgan fingerprint density at radius 1 is 1.07 bits per heavy atom. The van der Waals surface area contributed by atoms with Gasteiger partial charge in [0.15, 0.2) is 5.76 Å². The number of benzene rings is 2. The van der Waals surface area contributed by atoms with Gasteiger partial charge in [0.25, 0.3) is 5.56 Å². The number of hydrogen-bond acceptors (Lipinski definition) is 5. The van der Waals surface area contributed by atoms with Crippen LogP contribution in [0.15, 0.2) is 76.3 Å². The molecule has 0 unspecified atom stereocenters. The fraction of sp³-hybridized carbons (Fsp3) is 0.0870. The topological polar surface area (TPSA) is 60.9 Å². The molecule has 5 rings (SSSR count). The second kappa shape index (κ2) is 7.55. The highest BCUT2D eigenvalue weighted by Crippen LogP contribution is 2.35. The summed E-state index contributed by atoms with van der Waals surface area (Å²) in [5.74, 6) is 1.04. The second-order valence-electron chi connectivity index (χ2n) is 6.91. The predicted octanol–water partition coefficient (Wildman–Crippen LogP) is 5.79. The lowest BCUT2D eigenvalue weighted by Gasteiger charge is -2.03. The maximum atomic E-state index is 13.2. The summed E-state index contributed by atoms with van der Waals surface area (Å²) in [5.41, 5.74) is 2.77. The molecule has 0 saturated heterocycles. The van der Waals surface area contributed by atoms with Crippen molar-refractivity contribution < 1.29 is 4.42 Å². The molecule has 30 heavy (non-hydrogen) atoms. The molecule has 0 fully saturated rings. The summed E-state index contributed by atoms with van der Waals surface area (Å²) in [7, 11) is 0. The van der Waals surface area contributed by atoms with Gasteiger partial charge in [-0.1, -0.05) is 54.1 Å². The lowest BCUT2D eigenvalue weighted by atomic mass is 10.1. The summed E-state index contributed by atoms with van der Waals surface area (Å²) in [6.07, 6.45) is 3.19. The van der Waals surface area contributed by atoms with Crippen LogP contribution >= 0.6 is 22.9 Å². The molecule has 0 amide bonds. The molecule has 3 heterocycles. The SMILES string of the molecule is Cc1c(-c2ccccc2)sc2ncn(Cc3ncc(-c4cccc(Cl)c4)o3)c(=O)c12. The third-order valence-corrected chi connectivity index (χ3v) is 6.41. The first-order valence-electron chi connectivity index (χ1n) is 9.35. The monoisotopic (exact) mass is 433 g/mol. The van der Waals surface area contributed by atoms with Crippen molar-refractivity contribution in [3.8, 4) is 21.8 Å². The molecule has 0 radical (unpaired) electrons. The second-order valence-corrected chi connectivity index (χ2v) is 8.34. The number of aromatic nitrogens is 3. The van der Waals surface area contributed by atoms with Crippen molar-refractivity contribution >= 4 is 33.2 Å². The Balaban J connectivity index is 1.51. The lowest BCUT2D eigenvalue weighted by Crippen LogP contribution is -2.21. The van der Waals surface area contributed by atoms with Gasteiger partial charge in [0.1, 0.15) is 11.4 Å². The Kier molecular flexibility index (Phi) is 4.73. The first kappa shape index (κ1) is 18.8. The van der Waals surface area contributed by atoms with Gasteiger partial charge in [-0.25, -0.2) is 9.97 Å². The van der Waals surface area contributed by atoms with Gasteiger partial charge < -0.3 is 4.42 Å². The predicted molar refractivity (Wildman–Crippen MR) is 120 cm³/mol. The fourth-order valence-corrected chi connectivity index (χ4v) is 4.78. The summed E-state index contributed by atoms with van der Waals surface area (Å²) in [6, 6.07) is 17.4. The minimum atomic E-state index is -0.0987. The van der Waals surface area contributed by atoms with Crippen LogP contribution in [0.1, 0.15) is 11.5 Å². The van der Waals surface area contributed by atoms with Crippen molar-refractivity contribution in [2.75, 3.05) is 0 Å². The molecule has 2 aromatic carbocycles. The maximum absolute atomic E-state index is 13.2. The van der Waals surface area contributed by atoms with Crippen LogP contribution in [0.4, 0.5) is 0 Å². The van der Waals surface area contributed by atoms with Gasteiger partial charge in [-0.05, 0) is 30.2 Å². The van der Waals surface area contributed by atoms with Gasteiger partial charge in [0.2, 0.25) is 5.89 Å². The van der Waals surface area contributed by atoms with Gasteiger partial charge in [-0.15, -0.1) is 11.3 Å². The molecule has 0 atom stereocenters. The van der Waals surface area contributed by atoms with E-state index in [2.05, 4.69) is 9.97 Å². The molecule has 5 aromatic rings. The normalized spacial score (nSPS) is 11.3. The fourth-order valence-electron chi connectivity index (χ4n) is 3.44. The first-order chi connectivity index (χ1) is 14.6. The van der Waals surface area contributed by atoms with Crippen LogP contribution in [0.25, 0.3) is 32.0 Å². The molecular formula is C23H16ClN3O2S. The number of hydrogen-bond donors (Lipinski definition) is 0. The van der Waals surface area contributed by atoms with Crippen molar-refractivity contribution in [1.82, 2.24) is 14.5 Å². The van der Waals surface area contributed by atoms with Crippen LogP contribution in [0, 0.1) is 6.92 Å². The van der Waals surface area contributed by atoms with E-state index in [4.69, 9.17) is 16.0 Å². The minimum Gasteiger partial charge on any atom is -0.439 e. The molecular weight excluding hydrogens is 418 g/mol. The summed E-state index contributed by atoms with van der Waals surface area (Å²) in [4.78, 5) is 23.8. The van der Waals surface area contributed by atoms with Crippen molar-refractivity contribution in [1.29, 1.82) is 0 Å². The molecule has 0 aliphatic rings. The molecule has 0 aliphatic carbocycles. The molecule has 0 aliphatic heterocycles. The first-order valence-corrected chi connectivity index (χ1v) is 10.5. The highest BCUT2D eigenvalue weighted by molar-refractivity contribution is 7.22. The van der Waals surface area contributed by atoms with E-state index in [9.17, 15) is 4.79 Å². The van der Waals surface area contributed by atoms with Crippen molar-refractivity contribution in [2.24, 2.45) is 0 Å². The number of fused-ring (bicyclic) bond motifs is 1. The minimum absolute atomic E-state index is 0.0987. The van der Waals surface area contributed by atoms with E-state index in [0.29, 0.717) is 22.1 Å². The van der Waals surface area contributed by atoms with E-state index in [1.54, 1.807) is 18.6 Å². The Labute approximate surface area is 181 Å². The molecule has 0 saturated carbocycles. The molecule has 0 N–H and O–H groups in total. The van der Waals surface area contributed by atoms with Crippen molar-refractivity contribution in [2.45, 2.75) is 13.5 Å². The quantitative estimate of drug-likeness (QED) is 0.360. The average molecular weight is 434 g/mol. The van der Waals surface area contributed by atoms with Gasteiger partial charge in [0.05, 0.1) is 17.9 Å². The summed E-state index contributed by atoms with van der Waals surface area (Å²) in [6.45, 7) is 2.18. The Hall–Kier alpha value is -3.22. The molecule has 0 spiro atoms.